The summed E-state index contributed by atoms with van der Waals surface area (Å²) in [6, 6.07) is -0.394. The van der Waals surface area contributed by atoms with E-state index in [1.807, 2.05) is 0 Å². The average molecular weight is 271 g/mol. The van der Waals surface area contributed by atoms with E-state index in [9.17, 15) is 14.4 Å². The fraction of sp³-hybridized carbons (Fsp3) is 0.750. The number of carbonyl (C=O) groups is 3. The van der Waals surface area contributed by atoms with E-state index in [0.717, 1.165) is 0 Å². The standard InChI is InChI=1S/C12H21N3O4/c1-2-13-10(16)7-14-12(19)15-9-5-3-8(4-6-9)11(17)18/h8-9H,2-7H2,1H3,(H,13,16)(H,17,18)(H2,14,15,19). The van der Waals surface area contributed by atoms with Crippen LogP contribution in [0.5, 0.6) is 0 Å². The van der Waals surface area contributed by atoms with Gasteiger partial charge in [-0.25, -0.2) is 4.79 Å². The third-order valence-electron chi connectivity index (χ3n) is 3.20. The summed E-state index contributed by atoms with van der Waals surface area (Å²) in [4.78, 5) is 33.4. The minimum atomic E-state index is -0.765. The van der Waals surface area contributed by atoms with E-state index in [4.69, 9.17) is 5.11 Å². The Balaban J connectivity index is 2.20. The molecule has 0 aromatic carbocycles. The molecule has 4 N–H and O–H groups in total. The smallest absolute Gasteiger partial charge is 0.315 e. The van der Waals surface area contributed by atoms with E-state index in [0.29, 0.717) is 32.2 Å². The van der Waals surface area contributed by atoms with E-state index in [-0.39, 0.29) is 30.4 Å². The number of aliphatic carboxylic acids is 1. The summed E-state index contributed by atoms with van der Waals surface area (Å²) in [5, 5.41) is 16.7. The van der Waals surface area contributed by atoms with Crippen LogP contribution in [-0.4, -0.2) is 42.1 Å². The Bertz CT molecular complexity index is 338. The maximum Gasteiger partial charge on any atom is 0.315 e. The van der Waals surface area contributed by atoms with Crippen LogP contribution in [0, 0.1) is 5.92 Å². The Morgan fingerprint density at radius 1 is 1.11 bits per heavy atom. The molecule has 1 aliphatic carbocycles. The number of carbonyl (C=O) groups excluding carboxylic acids is 2. The van der Waals surface area contributed by atoms with Crippen molar-refractivity contribution in [2.75, 3.05) is 13.1 Å². The second-order valence-corrected chi connectivity index (χ2v) is 4.67. The number of carboxylic acid groups (broad SMARTS) is 1. The van der Waals surface area contributed by atoms with Crippen molar-refractivity contribution in [3.8, 4) is 0 Å². The minimum absolute atomic E-state index is 0.00941. The first-order valence-electron chi connectivity index (χ1n) is 6.56. The summed E-state index contributed by atoms with van der Waals surface area (Å²) >= 11 is 0. The van der Waals surface area contributed by atoms with Crippen molar-refractivity contribution in [1.82, 2.24) is 16.0 Å². The quantitative estimate of drug-likeness (QED) is 0.567. The van der Waals surface area contributed by atoms with Crippen LogP contribution in [0.1, 0.15) is 32.6 Å². The van der Waals surface area contributed by atoms with Gasteiger partial charge in [0.25, 0.3) is 0 Å². The maximum atomic E-state index is 11.5. The Kier molecular flexibility index (Phi) is 6.11. The van der Waals surface area contributed by atoms with Crippen molar-refractivity contribution >= 4 is 17.9 Å². The molecule has 7 nitrogen and oxygen atoms in total. The van der Waals surface area contributed by atoms with Gasteiger partial charge < -0.3 is 21.1 Å². The van der Waals surface area contributed by atoms with Crippen LogP contribution < -0.4 is 16.0 Å². The molecule has 108 valence electrons. The van der Waals surface area contributed by atoms with Crippen LogP contribution in [0.2, 0.25) is 0 Å². The molecule has 19 heavy (non-hydrogen) atoms. The molecule has 0 atom stereocenters. The van der Waals surface area contributed by atoms with Gasteiger partial charge >= 0.3 is 12.0 Å². The molecule has 1 aliphatic rings. The molecule has 0 unspecified atom stereocenters. The molecule has 3 amide bonds. The summed E-state index contributed by atoms with van der Waals surface area (Å²) in [5.41, 5.74) is 0. The predicted octanol–water partition coefficient (Wildman–Crippen LogP) is 0.0651. The van der Waals surface area contributed by atoms with Gasteiger partial charge in [0, 0.05) is 12.6 Å². The topological polar surface area (TPSA) is 108 Å². The summed E-state index contributed by atoms with van der Waals surface area (Å²) in [7, 11) is 0. The molecular formula is C12H21N3O4. The lowest BCUT2D eigenvalue weighted by Crippen LogP contribution is -2.47. The summed E-state index contributed by atoms with van der Waals surface area (Å²) in [5.74, 6) is -1.29. The second-order valence-electron chi connectivity index (χ2n) is 4.67. The van der Waals surface area contributed by atoms with Crippen LogP contribution >= 0.6 is 0 Å². The lowest BCUT2D eigenvalue weighted by atomic mass is 9.86. The number of hydrogen-bond donors (Lipinski definition) is 4. The van der Waals surface area contributed by atoms with Crippen molar-refractivity contribution in [3.05, 3.63) is 0 Å². The van der Waals surface area contributed by atoms with Crippen LogP contribution in [0.15, 0.2) is 0 Å². The zero-order valence-electron chi connectivity index (χ0n) is 11.1. The molecule has 0 radical (unpaired) electrons. The molecule has 0 aromatic rings. The SMILES string of the molecule is CCNC(=O)CNC(=O)NC1CCC(C(=O)O)CC1. The van der Waals surface area contributed by atoms with E-state index in [1.165, 1.54) is 0 Å². The summed E-state index contributed by atoms with van der Waals surface area (Å²) < 4.78 is 0. The molecule has 1 rings (SSSR count). The van der Waals surface area contributed by atoms with Gasteiger partial charge in [0.1, 0.15) is 0 Å². The third kappa shape index (κ3) is 5.58. The van der Waals surface area contributed by atoms with E-state index < -0.39 is 5.97 Å². The molecule has 0 spiro atoms. The largest absolute Gasteiger partial charge is 0.481 e. The molecule has 1 fully saturated rings. The first-order chi connectivity index (χ1) is 9.02. The Hall–Kier alpha value is -1.79. The highest BCUT2D eigenvalue weighted by atomic mass is 16.4. The normalized spacial score (nSPS) is 22.4. The van der Waals surface area contributed by atoms with E-state index in [1.54, 1.807) is 6.92 Å². The number of amides is 3. The molecule has 0 heterocycles. The van der Waals surface area contributed by atoms with Crippen molar-refractivity contribution < 1.29 is 19.5 Å². The number of likely N-dealkylation sites (N-methyl/N-ethyl adjacent to an activating group) is 1. The van der Waals surface area contributed by atoms with Gasteiger partial charge in [-0.3, -0.25) is 9.59 Å². The Morgan fingerprint density at radius 2 is 1.74 bits per heavy atom. The number of rotatable bonds is 5. The lowest BCUT2D eigenvalue weighted by molar-refractivity contribution is -0.142. The zero-order valence-corrected chi connectivity index (χ0v) is 11.1. The highest BCUT2D eigenvalue weighted by Gasteiger charge is 2.26. The lowest BCUT2D eigenvalue weighted by Gasteiger charge is -2.26. The Labute approximate surface area is 112 Å². The number of hydrogen-bond acceptors (Lipinski definition) is 3. The molecule has 0 aliphatic heterocycles. The molecule has 1 saturated carbocycles. The number of nitrogens with one attached hydrogen (secondary N) is 3. The van der Waals surface area contributed by atoms with Crippen molar-refractivity contribution in [1.29, 1.82) is 0 Å². The summed E-state index contributed by atoms with van der Waals surface area (Å²) in [6.07, 6.45) is 2.48. The molecule has 7 heteroatoms. The number of carboxylic acids is 1. The molecule has 0 bridgehead atoms. The van der Waals surface area contributed by atoms with Gasteiger partial charge in [-0.15, -0.1) is 0 Å². The average Bonchev–Trinajstić information content (AvgIpc) is 2.37. The van der Waals surface area contributed by atoms with E-state index >= 15 is 0 Å². The van der Waals surface area contributed by atoms with Crippen LogP contribution in [-0.2, 0) is 9.59 Å². The minimum Gasteiger partial charge on any atom is -0.481 e. The van der Waals surface area contributed by atoms with Crippen LogP contribution in [0.3, 0.4) is 0 Å². The predicted molar refractivity (Wildman–Crippen MR) is 68.6 cm³/mol. The van der Waals surface area contributed by atoms with Crippen molar-refractivity contribution in [2.45, 2.75) is 38.6 Å². The fourth-order valence-electron chi connectivity index (χ4n) is 2.14. The summed E-state index contributed by atoms with van der Waals surface area (Å²) in [6.45, 7) is 2.28. The van der Waals surface area contributed by atoms with Gasteiger partial charge in [-0.1, -0.05) is 0 Å². The monoisotopic (exact) mass is 271 g/mol. The van der Waals surface area contributed by atoms with Crippen molar-refractivity contribution in [2.24, 2.45) is 5.92 Å². The Morgan fingerprint density at radius 3 is 2.26 bits per heavy atom. The van der Waals surface area contributed by atoms with Gasteiger partial charge in [0.2, 0.25) is 5.91 Å². The van der Waals surface area contributed by atoms with Gasteiger partial charge in [-0.2, -0.15) is 0 Å². The van der Waals surface area contributed by atoms with Crippen LogP contribution in [0.25, 0.3) is 0 Å². The van der Waals surface area contributed by atoms with Gasteiger partial charge in [0.05, 0.1) is 12.5 Å². The molecule has 0 saturated heterocycles. The highest BCUT2D eigenvalue weighted by molar-refractivity contribution is 5.83. The highest BCUT2D eigenvalue weighted by Crippen LogP contribution is 2.24. The molecular weight excluding hydrogens is 250 g/mol. The fourth-order valence-corrected chi connectivity index (χ4v) is 2.14. The molecule has 0 aromatic heterocycles. The maximum absolute atomic E-state index is 11.5. The van der Waals surface area contributed by atoms with Crippen LogP contribution in [0.4, 0.5) is 4.79 Å². The van der Waals surface area contributed by atoms with Gasteiger partial charge in [0.15, 0.2) is 0 Å². The first-order valence-corrected chi connectivity index (χ1v) is 6.56. The van der Waals surface area contributed by atoms with Gasteiger partial charge in [-0.05, 0) is 32.6 Å². The van der Waals surface area contributed by atoms with Crippen molar-refractivity contribution in [3.63, 3.8) is 0 Å². The third-order valence-corrected chi connectivity index (χ3v) is 3.20. The second kappa shape index (κ2) is 7.60. The zero-order chi connectivity index (χ0) is 14.3. The van der Waals surface area contributed by atoms with E-state index in [2.05, 4.69) is 16.0 Å². The first kappa shape index (κ1) is 15.3. The number of urea groups is 1.